The molecule has 124 valence electrons. The number of carboxylic acids is 1. The maximum Gasteiger partial charge on any atom is 0.335 e. The molecule has 5 nitrogen and oxygen atoms in total. The number of nitrogens with one attached hydrogen (secondary N) is 1. The van der Waals surface area contributed by atoms with E-state index >= 15 is 0 Å². The molecule has 2 N–H and O–H groups in total. The Balaban J connectivity index is 1.71. The Hall–Kier alpha value is -2.53. The SMILES string of the molecule is COc1ccc2c(c1)[C@H]1OCC[C@H]1C(c1ccc(C(=O)O)cc1)N2. The van der Waals surface area contributed by atoms with Crippen molar-refractivity contribution in [2.24, 2.45) is 5.92 Å². The number of anilines is 1. The summed E-state index contributed by atoms with van der Waals surface area (Å²) in [6.07, 6.45) is 1.01. The fourth-order valence-electron chi connectivity index (χ4n) is 3.74. The standard InChI is InChI=1S/C19H19NO4/c1-23-13-6-7-16-15(10-13)18-14(8-9-24-18)17(20-16)11-2-4-12(5-3-11)19(21)22/h2-7,10,14,17-18,20H,8-9H2,1H3,(H,21,22)/t14-,17?,18-/m0/s1. The molecule has 2 aliphatic heterocycles. The van der Waals surface area contributed by atoms with Crippen LogP contribution in [0.5, 0.6) is 5.75 Å². The summed E-state index contributed by atoms with van der Waals surface area (Å²) in [5.41, 5.74) is 3.57. The highest BCUT2D eigenvalue weighted by Gasteiger charge is 2.41. The maximum atomic E-state index is 11.0. The van der Waals surface area contributed by atoms with E-state index in [1.54, 1.807) is 19.2 Å². The van der Waals surface area contributed by atoms with Crippen LogP contribution in [-0.2, 0) is 4.74 Å². The van der Waals surface area contributed by atoms with Gasteiger partial charge in [0.05, 0.1) is 24.8 Å². The van der Waals surface area contributed by atoms with Crippen LogP contribution >= 0.6 is 0 Å². The Labute approximate surface area is 140 Å². The van der Waals surface area contributed by atoms with E-state index in [4.69, 9.17) is 14.6 Å². The smallest absolute Gasteiger partial charge is 0.335 e. The first-order chi connectivity index (χ1) is 11.7. The minimum Gasteiger partial charge on any atom is -0.497 e. The molecule has 3 atom stereocenters. The monoisotopic (exact) mass is 325 g/mol. The van der Waals surface area contributed by atoms with Crippen molar-refractivity contribution in [3.05, 3.63) is 59.2 Å². The number of ether oxygens (including phenoxy) is 2. The van der Waals surface area contributed by atoms with E-state index in [0.717, 1.165) is 35.6 Å². The average molecular weight is 325 g/mol. The highest BCUT2D eigenvalue weighted by Crippen LogP contribution is 2.50. The normalized spacial score (nSPS) is 24.6. The number of rotatable bonds is 3. The lowest BCUT2D eigenvalue weighted by atomic mass is 9.81. The highest BCUT2D eigenvalue weighted by molar-refractivity contribution is 5.87. The lowest BCUT2D eigenvalue weighted by molar-refractivity contribution is 0.0696. The predicted molar refractivity (Wildman–Crippen MR) is 89.6 cm³/mol. The van der Waals surface area contributed by atoms with Gasteiger partial charge in [0.25, 0.3) is 0 Å². The number of methoxy groups -OCH3 is 1. The number of fused-ring (bicyclic) bond motifs is 3. The fraction of sp³-hybridized carbons (Fsp3) is 0.316. The van der Waals surface area contributed by atoms with Crippen LogP contribution in [0, 0.1) is 5.92 Å². The van der Waals surface area contributed by atoms with Crippen molar-refractivity contribution in [3.63, 3.8) is 0 Å². The van der Waals surface area contributed by atoms with Gasteiger partial charge in [-0.1, -0.05) is 12.1 Å². The van der Waals surface area contributed by atoms with Gasteiger partial charge in [0.1, 0.15) is 5.75 Å². The lowest BCUT2D eigenvalue weighted by Gasteiger charge is -2.36. The first-order valence-electron chi connectivity index (χ1n) is 8.06. The summed E-state index contributed by atoms with van der Waals surface area (Å²) in [5.74, 6) is 0.243. The molecule has 1 saturated heterocycles. The second kappa shape index (κ2) is 5.83. The van der Waals surface area contributed by atoms with Crippen molar-refractivity contribution >= 4 is 11.7 Å². The minimum atomic E-state index is -0.905. The van der Waals surface area contributed by atoms with Gasteiger partial charge in [0, 0.05) is 23.8 Å². The summed E-state index contributed by atoms with van der Waals surface area (Å²) in [4.78, 5) is 11.0. The molecule has 0 saturated carbocycles. The first-order valence-corrected chi connectivity index (χ1v) is 8.06. The van der Waals surface area contributed by atoms with Crippen LogP contribution in [0.4, 0.5) is 5.69 Å². The van der Waals surface area contributed by atoms with Gasteiger partial charge < -0.3 is 19.9 Å². The molecular weight excluding hydrogens is 306 g/mol. The summed E-state index contributed by atoms with van der Waals surface area (Å²) in [5, 5.41) is 12.7. The van der Waals surface area contributed by atoms with Crippen LogP contribution in [-0.4, -0.2) is 24.8 Å². The third-order valence-corrected chi connectivity index (χ3v) is 4.96. The van der Waals surface area contributed by atoms with Gasteiger partial charge in [-0.15, -0.1) is 0 Å². The largest absolute Gasteiger partial charge is 0.497 e. The van der Waals surface area contributed by atoms with E-state index < -0.39 is 5.97 Å². The van der Waals surface area contributed by atoms with Crippen LogP contribution in [0.25, 0.3) is 0 Å². The van der Waals surface area contributed by atoms with Crippen molar-refractivity contribution in [1.82, 2.24) is 0 Å². The van der Waals surface area contributed by atoms with Gasteiger partial charge in [-0.05, 0) is 42.3 Å². The second-order valence-electron chi connectivity index (χ2n) is 6.25. The van der Waals surface area contributed by atoms with Crippen molar-refractivity contribution in [3.8, 4) is 5.75 Å². The Morgan fingerprint density at radius 1 is 1.25 bits per heavy atom. The van der Waals surface area contributed by atoms with Crippen LogP contribution in [0.3, 0.4) is 0 Å². The van der Waals surface area contributed by atoms with Gasteiger partial charge in [-0.2, -0.15) is 0 Å². The summed E-state index contributed by atoms with van der Waals surface area (Å²) in [6, 6.07) is 13.2. The second-order valence-corrected chi connectivity index (χ2v) is 6.25. The topological polar surface area (TPSA) is 67.8 Å². The van der Waals surface area contributed by atoms with E-state index in [-0.39, 0.29) is 12.1 Å². The maximum absolute atomic E-state index is 11.0. The van der Waals surface area contributed by atoms with Gasteiger partial charge in [-0.25, -0.2) is 4.79 Å². The van der Waals surface area contributed by atoms with Gasteiger partial charge in [0.2, 0.25) is 0 Å². The van der Waals surface area contributed by atoms with E-state index in [1.807, 2.05) is 30.3 Å². The number of carbonyl (C=O) groups is 1. The third-order valence-electron chi connectivity index (χ3n) is 4.96. The van der Waals surface area contributed by atoms with E-state index in [9.17, 15) is 4.79 Å². The first kappa shape index (κ1) is 15.0. The van der Waals surface area contributed by atoms with Crippen molar-refractivity contribution in [2.45, 2.75) is 18.6 Å². The van der Waals surface area contributed by atoms with Gasteiger partial charge in [-0.3, -0.25) is 0 Å². The molecule has 24 heavy (non-hydrogen) atoms. The molecule has 2 heterocycles. The van der Waals surface area contributed by atoms with Crippen LogP contribution in [0.15, 0.2) is 42.5 Å². The molecule has 2 aliphatic rings. The zero-order valence-electron chi connectivity index (χ0n) is 13.4. The van der Waals surface area contributed by atoms with E-state index in [1.165, 1.54) is 0 Å². The predicted octanol–water partition coefficient (Wildman–Crippen LogP) is 3.64. The molecule has 2 aromatic carbocycles. The molecule has 2 aromatic rings. The van der Waals surface area contributed by atoms with E-state index in [0.29, 0.717) is 11.5 Å². The minimum absolute atomic E-state index is 0.0421. The van der Waals surface area contributed by atoms with Crippen molar-refractivity contribution in [1.29, 1.82) is 0 Å². The molecule has 0 aliphatic carbocycles. The summed E-state index contributed by atoms with van der Waals surface area (Å²) in [6.45, 7) is 0.734. The Morgan fingerprint density at radius 2 is 2.04 bits per heavy atom. The Bertz CT molecular complexity index is 771. The number of benzene rings is 2. The molecule has 0 bridgehead atoms. The molecule has 5 heteroatoms. The number of hydrogen-bond donors (Lipinski definition) is 2. The van der Waals surface area contributed by atoms with Crippen LogP contribution in [0.1, 0.15) is 40.1 Å². The van der Waals surface area contributed by atoms with Crippen molar-refractivity contribution in [2.75, 3.05) is 19.0 Å². The molecule has 0 amide bonds. The highest BCUT2D eigenvalue weighted by atomic mass is 16.5. The van der Waals surface area contributed by atoms with Crippen LogP contribution < -0.4 is 10.1 Å². The number of hydrogen-bond acceptors (Lipinski definition) is 4. The quantitative estimate of drug-likeness (QED) is 0.902. The molecular formula is C19H19NO4. The van der Waals surface area contributed by atoms with Crippen LogP contribution in [0.2, 0.25) is 0 Å². The molecule has 1 unspecified atom stereocenters. The lowest BCUT2D eigenvalue weighted by Crippen LogP contribution is -2.29. The fourth-order valence-corrected chi connectivity index (χ4v) is 3.74. The molecule has 0 aromatic heterocycles. The van der Waals surface area contributed by atoms with Gasteiger partial charge >= 0.3 is 5.97 Å². The molecule has 1 fully saturated rings. The third kappa shape index (κ3) is 2.41. The average Bonchev–Trinajstić information content (AvgIpc) is 3.10. The molecule has 4 rings (SSSR count). The zero-order chi connectivity index (χ0) is 16.7. The van der Waals surface area contributed by atoms with E-state index in [2.05, 4.69) is 5.32 Å². The van der Waals surface area contributed by atoms with Crippen molar-refractivity contribution < 1.29 is 19.4 Å². The number of aromatic carboxylic acids is 1. The zero-order valence-corrected chi connectivity index (χ0v) is 13.4. The Morgan fingerprint density at radius 3 is 2.75 bits per heavy atom. The summed E-state index contributed by atoms with van der Waals surface area (Å²) < 4.78 is 11.3. The molecule has 0 radical (unpaired) electrons. The number of carboxylic acid groups (broad SMARTS) is 1. The summed E-state index contributed by atoms with van der Waals surface area (Å²) >= 11 is 0. The van der Waals surface area contributed by atoms with Gasteiger partial charge in [0.15, 0.2) is 0 Å². The Kier molecular flexibility index (Phi) is 3.65. The summed E-state index contributed by atoms with van der Waals surface area (Å²) in [7, 11) is 1.66. The molecule has 0 spiro atoms.